The van der Waals surface area contributed by atoms with Crippen molar-refractivity contribution in [3.63, 3.8) is 0 Å². The van der Waals surface area contributed by atoms with Crippen LogP contribution in [0.15, 0.2) is 23.1 Å². The number of hydrogen-bond acceptors (Lipinski definition) is 12. The van der Waals surface area contributed by atoms with Gasteiger partial charge in [-0.2, -0.15) is 4.98 Å². The molecule has 0 unspecified atom stereocenters. The Kier molecular flexibility index (Phi) is 6.86. The van der Waals surface area contributed by atoms with E-state index in [0.717, 1.165) is 24.3 Å². The molecule has 4 aromatic heterocycles. The van der Waals surface area contributed by atoms with Crippen LogP contribution in [-0.4, -0.2) is 84.1 Å². The molecule has 0 radical (unpaired) electrons. The number of aliphatic hydroxyl groups excluding tert-OH is 2. The topological polar surface area (TPSA) is 177 Å². The molecule has 5 atom stereocenters. The second-order valence-electron chi connectivity index (χ2n) is 9.14. The van der Waals surface area contributed by atoms with Crippen LogP contribution in [-0.2, 0) is 9.53 Å². The molecule has 4 aromatic rings. The number of fused-ring (bicyclic) bond motifs is 2. The van der Waals surface area contributed by atoms with E-state index in [9.17, 15) is 15.0 Å². The van der Waals surface area contributed by atoms with E-state index in [1.807, 2.05) is 38.7 Å². The number of imidazole rings is 1. The van der Waals surface area contributed by atoms with Crippen molar-refractivity contribution in [2.45, 2.75) is 58.3 Å². The summed E-state index contributed by atoms with van der Waals surface area (Å²) in [4.78, 5) is 36.5. The molecule has 38 heavy (non-hydrogen) atoms. The molecule has 1 amide bonds. The number of carbonyl (C=O) groups excluding carboxylic acids is 1. The van der Waals surface area contributed by atoms with Crippen molar-refractivity contribution < 1.29 is 24.2 Å². The molecular weight excluding hydrogens is 494 g/mol. The summed E-state index contributed by atoms with van der Waals surface area (Å²) in [6.45, 7) is 9.53. The molecule has 0 bridgehead atoms. The normalized spacial score (nSPS) is 22.2. The number of oxazole rings is 1. The maximum atomic E-state index is 12.0. The van der Waals surface area contributed by atoms with E-state index in [0.29, 0.717) is 34.2 Å². The number of aryl methyl sites for hydroxylation is 1. The van der Waals surface area contributed by atoms with Crippen molar-refractivity contribution >= 4 is 40.1 Å². The first-order chi connectivity index (χ1) is 18.3. The maximum Gasteiger partial charge on any atom is 0.299 e. The SMILES string of the molecule is CCN(CC)c1nc2nc([C@@H](C)Nc3ncnc4c3ncn4[C@@H]3O[C@H](C(=O)NC)[C@@H](O)[C@H]3O)cc(C)c2o1. The van der Waals surface area contributed by atoms with E-state index in [1.54, 1.807) is 0 Å². The summed E-state index contributed by atoms with van der Waals surface area (Å²) in [5.41, 5.74) is 3.63. The minimum atomic E-state index is -1.40. The molecule has 0 aromatic carbocycles. The number of nitrogens with zero attached hydrogens (tertiary/aromatic N) is 7. The predicted octanol–water partition coefficient (Wildman–Crippen LogP) is 1.06. The summed E-state index contributed by atoms with van der Waals surface area (Å²) < 4.78 is 13.1. The largest absolute Gasteiger partial charge is 0.421 e. The summed E-state index contributed by atoms with van der Waals surface area (Å²) in [5, 5.41) is 26.6. The second-order valence-corrected chi connectivity index (χ2v) is 9.14. The van der Waals surface area contributed by atoms with Gasteiger partial charge in [0.25, 0.3) is 11.9 Å². The lowest BCUT2D eigenvalue weighted by Gasteiger charge is -2.17. The Morgan fingerprint density at radius 3 is 2.66 bits per heavy atom. The molecular formula is C24H31N9O5. The molecule has 5 rings (SSSR count). The summed E-state index contributed by atoms with van der Waals surface area (Å²) in [7, 11) is 1.43. The van der Waals surface area contributed by atoms with E-state index in [-0.39, 0.29) is 6.04 Å². The number of amides is 1. The number of anilines is 2. The van der Waals surface area contributed by atoms with Gasteiger partial charge in [-0.05, 0) is 39.3 Å². The van der Waals surface area contributed by atoms with E-state index in [4.69, 9.17) is 14.1 Å². The maximum absolute atomic E-state index is 12.0. The third-order valence-electron chi connectivity index (χ3n) is 6.76. The summed E-state index contributed by atoms with van der Waals surface area (Å²) in [6.07, 6.45) is -2.25. The zero-order valence-corrected chi connectivity index (χ0v) is 21.8. The van der Waals surface area contributed by atoms with Crippen LogP contribution in [0.25, 0.3) is 22.4 Å². The van der Waals surface area contributed by atoms with E-state index in [2.05, 4.69) is 30.6 Å². The van der Waals surface area contributed by atoms with Gasteiger partial charge in [0.05, 0.1) is 18.1 Å². The van der Waals surface area contributed by atoms with Crippen molar-refractivity contribution in [3.8, 4) is 0 Å². The number of hydrogen-bond donors (Lipinski definition) is 4. The number of ether oxygens (including phenoxy) is 1. The number of aromatic nitrogens is 6. The third kappa shape index (κ3) is 4.29. The van der Waals surface area contributed by atoms with Crippen LogP contribution in [0.1, 0.15) is 44.3 Å². The first kappa shape index (κ1) is 25.8. The minimum absolute atomic E-state index is 0.275. The Labute approximate surface area is 218 Å². The van der Waals surface area contributed by atoms with Crippen LogP contribution in [0, 0.1) is 6.92 Å². The minimum Gasteiger partial charge on any atom is -0.421 e. The standard InChI is InChI=1S/C24H31N9O5/c1-6-32(7-2)24-31-20-17(38-24)11(3)8-13(30-20)12(4)29-19-14-21(27-9-26-19)33(10-28-14)23-16(35)15(34)18(37-23)22(36)25-5/h8-10,12,15-16,18,23,34-35H,6-7H2,1-5H3,(H,25,36)(H,26,27,29)/t12-,15+,16-,18+,23-/m1/s1. The van der Waals surface area contributed by atoms with E-state index in [1.165, 1.54) is 24.3 Å². The Bertz CT molecular complexity index is 1470. The number of aliphatic hydroxyl groups is 2. The Hall–Kier alpha value is -3.88. The molecule has 1 saturated heterocycles. The van der Waals surface area contributed by atoms with Gasteiger partial charge in [-0.3, -0.25) is 9.36 Å². The first-order valence-electron chi connectivity index (χ1n) is 12.5. The number of carbonyl (C=O) groups is 1. The zero-order valence-electron chi connectivity index (χ0n) is 21.8. The lowest BCUT2D eigenvalue weighted by molar-refractivity contribution is -0.137. The van der Waals surface area contributed by atoms with Crippen LogP contribution in [0.4, 0.5) is 11.8 Å². The van der Waals surface area contributed by atoms with Gasteiger partial charge >= 0.3 is 0 Å². The van der Waals surface area contributed by atoms with E-state index >= 15 is 0 Å². The van der Waals surface area contributed by atoms with Crippen molar-refractivity contribution in [2.24, 2.45) is 0 Å². The van der Waals surface area contributed by atoms with Crippen molar-refractivity contribution in [1.29, 1.82) is 0 Å². The number of nitrogens with one attached hydrogen (secondary N) is 2. The van der Waals surface area contributed by atoms with E-state index < -0.39 is 30.4 Å². The fourth-order valence-corrected chi connectivity index (χ4v) is 4.60. The van der Waals surface area contributed by atoms with Crippen LogP contribution >= 0.6 is 0 Å². The van der Waals surface area contributed by atoms with Gasteiger partial charge in [0.2, 0.25) is 5.65 Å². The average Bonchev–Trinajstić information content (AvgIpc) is 3.61. The van der Waals surface area contributed by atoms with Gasteiger partial charge in [0.1, 0.15) is 18.5 Å². The number of rotatable bonds is 8. The highest BCUT2D eigenvalue weighted by Gasteiger charge is 2.47. The molecule has 0 spiro atoms. The Balaban J connectivity index is 1.42. The van der Waals surface area contributed by atoms with Gasteiger partial charge < -0.3 is 34.9 Å². The fraction of sp³-hybridized carbons (Fsp3) is 0.500. The molecule has 14 heteroatoms. The van der Waals surface area contributed by atoms with Crippen molar-refractivity contribution in [2.75, 3.05) is 30.4 Å². The molecule has 1 aliphatic heterocycles. The average molecular weight is 526 g/mol. The van der Waals surface area contributed by atoms with Crippen molar-refractivity contribution in [1.82, 2.24) is 34.8 Å². The molecule has 0 aliphatic carbocycles. The molecule has 202 valence electrons. The monoisotopic (exact) mass is 525 g/mol. The molecule has 1 aliphatic rings. The second kappa shape index (κ2) is 10.1. The highest BCUT2D eigenvalue weighted by Crippen LogP contribution is 2.33. The lowest BCUT2D eigenvalue weighted by Crippen LogP contribution is -2.41. The van der Waals surface area contributed by atoms with Gasteiger partial charge in [-0.15, -0.1) is 0 Å². The summed E-state index contributed by atoms with van der Waals surface area (Å²) in [5.74, 6) is -0.0916. The number of pyridine rings is 1. The first-order valence-corrected chi connectivity index (χ1v) is 12.5. The summed E-state index contributed by atoms with van der Waals surface area (Å²) >= 11 is 0. The van der Waals surface area contributed by atoms with Gasteiger partial charge in [0.15, 0.2) is 34.9 Å². The predicted molar refractivity (Wildman–Crippen MR) is 137 cm³/mol. The van der Waals surface area contributed by atoms with Gasteiger partial charge in [-0.1, -0.05) is 0 Å². The van der Waals surface area contributed by atoms with Gasteiger partial charge in [-0.25, -0.2) is 19.9 Å². The van der Waals surface area contributed by atoms with Gasteiger partial charge in [0, 0.05) is 20.1 Å². The molecule has 4 N–H and O–H groups in total. The molecule has 14 nitrogen and oxygen atoms in total. The van der Waals surface area contributed by atoms with Crippen LogP contribution < -0.4 is 15.5 Å². The Morgan fingerprint density at radius 1 is 1.18 bits per heavy atom. The van der Waals surface area contributed by atoms with Crippen LogP contribution in [0.3, 0.4) is 0 Å². The van der Waals surface area contributed by atoms with Crippen molar-refractivity contribution in [3.05, 3.63) is 30.0 Å². The molecule has 0 saturated carbocycles. The number of likely N-dealkylation sites (N-methyl/N-ethyl adjacent to an activating group) is 1. The molecule has 5 heterocycles. The highest BCUT2D eigenvalue weighted by atomic mass is 16.6. The quantitative estimate of drug-likeness (QED) is 0.258. The third-order valence-corrected chi connectivity index (χ3v) is 6.76. The smallest absolute Gasteiger partial charge is 0.299 e. The zero-order chi connectivity index (χ0) is 27.1. The highest BCUT2D eigenvalue weighted by molar-refractivity contribution is 5.83. The van der Waals surface area contributed by atoms with Crippen LogP contribution in [0.2, 0.25) is 0 Å². The summed E-state index contributed by atoms with van der Waals surface area (Å²) in [6, 6.07) is 2.21. The van der Waals surface area contributed by atoms with Crippen LogP contribution in [0.5, 0.6) is 0 Å². The lowest BCUT2D eigenvalue weighted by atomic mass is 10.1. The fourth-order valence-electron chi connectivity index (χ4n) is 4.60. The molecule has 1 fully saturated rings. The Morgan fingerprint density at radius 2 is 1.95 bits per heavy atom.